The summed E-state index contributed by atoms with van der Waals surface area (Å²) >= 11 is 5.70. The molecule has 0 bridgehead atoms. The van der Waals surface area contributed by atoms with Crippen molar-refractivity contribution < 1.29 is 19.4 Å². The van der Waals surface area contributed by atoms with Crippen LogP contribution < -0.4 is 15.4 Å². The summed E-state index contributed by atoms with van der Waals surface area (Å²) in [7, 11) is 0. The first-order chi connectivity index (χ1) is 8.58. The third-order valence-electron chi connectivity index (χ3n) is 1.91. The minimum atomic E-state index is -0.965. The monoisotopic (exact) mass is 272 g/mol. The molecule has 0 spiro atoms. The molecule has 0 saturated carbocycles. The number of benzene rings is 1. The summed E-state index contributed by atoms with van der Waals surface area (Å²) < 4.78 is 5.21. The first-order valence-electron chi connectivity index (χ1n) is 5.20. The summed E-state index contributed by atoms with van der Waals surface area (Å²) in [5, 5.41) is 13.8. The number of urea groups is 1. The van der Waals surface area contributed by atoms with Gasteiger partial charge in [0.2, 0.25) is 0 Å². The van der Waals surface area contributed by atoms with Gasteiger partial charge in [0.15, 0.2) is 6.73 Å². The number of aliphatic carboxylic acids is 1. The molecular formula is C11H13ClN2O4. The summed E-state index contributed by atoms with van der Waals surface area (Å²) in [5.74, 6) is -0.391. The van der Waals surface area contributed by atoms with E-state index in [0.717, 1.165) is 0 Å². The highest BCUT2D eigenvalue weighted by molar-refractivity contribution is 6.30. The second-order valence-corrected chi connectivity index (χ2v) is 3.76. The molecule has 7 heteroatoms. The van der Waals surface area contributed by atoms with Gasteiger partial charge in [0.1, 0.15) is 5.75 Å². The molecule has 1 aromatic rings. The lowest BCUT2D eigenvalue weighted by Crippen LogP contribution is -2.38. The molecule has 0 aromatic heterocycles. The molecule has 0 aliphatic carbocycles. The Kier molecular flexibility index (Phi) is 5.79. The molecule has 98 valence electrons. The fraction of sp³-hybridized carbons (Fsp3) is 0.273. The van der Waals surface area contributed by atoms with Crippen molar-refractivity contribution in [1.82, 2.24) is 10.6 Å². The van der Waals surface area contributed by atoms with E-state index in [1.165, 1.54) is 0 Å². The number of hydrogen-bond acceptors (Lipinski definition) is 3. The van der Waals surface area contributed by atoms with Gasteiger partial charge in [-0.2, -0.15) is 0 Å². The number of carbonyl (C=O) groups excluding carboxylic acids is 1. The molecule has 0 aliphatic heterocycles. The first-order valence-corrected chi connectivity index (χ1v) is 5.57. The summed E-state index contributed by atoms with van der Waals surface area (Å²) in [5.41, 5.74) is 0. The quantitative estimate of drug-likeness (QED) is 0.684. The van der Waals surface area contributed by atoms with Crippen LogP contribution in [0.15, 0.2) is 24.3 Å². The Morgan fingerprint density at radius 1 is 1.22 bits per heavy atom. The van der Waals surface area contributed by atoms with Crippen LogP contribution in [0, 0.1) is 0 Å². The summed E-state index contributed by atoms with van der Waals surface area (Å²) in [4.78, 5) is 21.4. The van der Waals surface area contributed by atoms with Gasteiger partial charge >= 0.3 is 12.0 Å². The predicted octanol–water partition coefficient (Wildman–Crippen LogP) is 1.45. The van der Waals surface area contributed by atoms with E-state index in [1.807, 2.05) is 0 Å². The highest BCUT2D eigenvalue weighted by Crippen LogP contribution is 2.14. The van der Waals surface area contributed by atoms with Gasteiger partial charge < -0.3 is 20.5 Å². The van der Waals surface area contributed by atoms with Crippen LogP contribution >= 0.6 is 11.6 Å². The van der Waals surface area contributed by atoms with Crippen LogP contribution in [0.5, 0.6) is 5.75 Å². The van der Waals surface area contributed by atoms with E-state index in [2.05, 4.69) is 10.6 Å². The number of carboxylic acids is 1. The highest BCUT2D eigenvalue weighted by Gasteiger charge is 2.01. The Bertz CT molecular complexity index is 408. The van der Waals surface area contributed by atoms with Crippen molar-refractivity contribution in [2.75, 3.05) is 13.3 Å². The van der Waals surface area contributed by atoms with Gasteiger partial charge in [-0.3, -0.25) is 4.79 Å². The van der Waals surface area contributed by atoms with Crippen LogP contribution in [0.2, 0.25) is 5.02 Å². The topological polar surface area (TPSA) is 87.7 Å². The molecule has 0 atom stereocenters. The van der Waals surface area contributed by atoms with Crippen molar-refractivity contribution in [3.63, 3.8) is 0 Å². The fourth-order valence-electron chi connectivity index (χ4n) is 1.06. The molecule has 1 aromatic carbocycles. The van der Waals surface area contributed by atoms with Gasteiger partial charge in [0.05, 0.1) is 6.42 Å². The standard InChI is InChI=1S/C11H13ClN2O4/c12-8-1-3-9(4-2-8)18-7-14-11(17)13-6-5-10(15)16/h1-4H,5-7H2,(H,15,16)(H2,13,14,17). The summed E-state index contributed by atoms with van der Waals surface area (Å²) in [6.45, 7) is 0.0582. The maximum absolute atomic E-state index is 11.2. The molecule has 0 aliphatic rings. The second-order valence-electron chi connectivity index (χ2n) is 3.32. The van der Waals surface area contributed by atoms with E-state index in [0.29, 0.717) is 10.8 Å². The molecule has 0 fully saturated rings. The smallest absolute Gasteiger partial charge is 0.317 e. The van der Waals surface area contributed by atoms with E-state index >= 15 is 0 Å². The lowest BCUT2D eigenvalue weighted by Gasteiger charge is -2.08. The van der Waals surface area contributed by atoms with Gasteiger partial charge in [-0.1, -0.05) is 11.6 Å². The van der Waals surface area contributed by atoms with Crippen LogP contribution in [-0.2, 0) is 4.79 Å². The second kappa shape index (κ2) is 7.39. The molecule has 0 unspecified atom stereocenters. The molecule has 6 nitrogen and oxygen atoms in total. The van der Waals surface area contributed by atoms with E-state index in [1.54, 1.807) is 24.3 Å². The lowest BCUT2D eigenvalue weighted by molar-refractivity contribution is -0.136. The van der Waals surface area contributed by atoms with Crippen molar-refractivity contribution in [3.8, 4) is 5.75 Å². The van der Waals surface area contributed by atoms with Crippen LogP contribution in [0.4, 0.5) is 4.79 Å². The predicted molar refractivity (Wildman–Crippen MR) is 65.7 cm³/mol. The molecule has 1 rings (SSSR count). The number of nitrogens with one attached hydrogen (secondary N) is 2. The zero-order valence-electron chi connectivity index (χ0n) is 9.48. The SMILES string of the molecule is O=C(O)CCNC(=O)NCOc1ccc(Cl)cc1. The minimum Gasteiger partial charge on any atom is -0.481 e. The van der Waals surface area contributed by atoms with Crippen molar-refractivity contribution in [1.29, 1.82) is 0 Å². The molecule has 18 heavy (non-hydrogen) atoms. The molecular weight excluding hydrogens is 260 g/mol. The first kappa shape index (κ1) is 14.1. The van der Waals surface area contributed by atoms with E-state index in [-0.39, 0.29) is 19.7 Å². The Hall–Kier alpha value is -1.95. The van der Waals surface area contributed by atoms with Gasteiger partial charge in [-0.25, -0.2) is 4.79 Å². The van der Waals surface area contributed by atoms with Crippen molar-refractivity contribution in [2.45, 2.75) is 6.42 Å². The molecule has 0 radical (unpaired) electrons. The molecule has 2 amide bonds. The lowest BCUT2D eigenvalue weighted by atomic mass is 10.3. The van der Waals surface area contributed by atoms with Crippen molar-refractivity contribution >= 4 is 23.6 Å². The number of hydrogen-bond donors (Lipinski definition) is 3. The Morgan fingerprint density at radius 2 is 1.89 bits per heavy atom. The highest BCUT2D eigenvalue weighted by atomic mass is 35.5. The molecule has 0 saturated heterocycles. The normalized spacial score (nSPS) is 9.61. The van der Waals surface area contributed by atoms with Crippen LogP contribution in [-0.4, -0.2) is 30.4 Å². The number of halogens is 1. The minimum absolute atomic E-state index is 0.0134. The maximum atomic E-state index is 11.2. The zero-order chi connectivity index (χ0) is 13.4. The van der Waals surface area contributed by atoms with Crippen LogP contribution in [0.3, 0.4) is 0 Å². The van der Waals surface area contributed by atoms with Gasteiger partial charge in [0.25, 0.3) is 0 Å². The number of rotatable bonds is 6. The number of carboxylic acid groups (broad SMARTS) is 1. The van der Waals surface area contributed by atoms with Crippen LogP contribution in [0.1, 0.15) is 6.42 Å². The number of carbonyl (C=O) groups is 2. The largest absolute Gasteiger partial charge is 0.481 e. The zero-order valence-corrected chi connectivity index (χ0v) is 10.2. The maximum Gasteiger partial charge on any atom is 0.317 e. The third kappa shape index (κ3) is 5.95. The number of amides is 2. The fourth-order valence-corrected chi connectivity index (χ4v) is 1.19. The Morgan fingerprint density at radius 3 is 2.50 bits per heavy atom. The summed E-state index contributed by atoms with van der Waals surface area (Å²) in [6.07, 6.45) is -0.120. The molecule has 0 heterocycles. The van der Waals surface area contributed by atoms with Crippen molar-refractivity contribution in [3.05, 3.63) is 29.3 Å². The van der Waals surface area contributed by atoms with Gasteiger partial charge in [-0.05, 0) is 24.3 Å². The van der Waals surface area contributed by atoms with E-state index in [4.69, 9.17) is 21.4 Å². The average molecular weight is 273 g/mol. The van der Waals surface area contributed by atoms with Crippen LogP contribution in [0.25, 0.3) is 0 Å². The van der Waals surface area contributed by atoms with E-state index < -0.39 is 12.0 Å². The van der Waals surface area contributed by atoms with Crippen molar-refractivity contribution in [2.24, 2.45) is 0 Å². The van der Waals surface area contributed by atoms with E-state index in [9.17, 15) is 9.59 Å². The summed E-state index contributed by atoms with van der Waals surface area (Å²) in [6, 6.07) is 6.21. The van der Waals surface area contributed by atoms with Gasteiger partial charge in [-0.15, -0.1) is 0 Å². The third-order valence-corrected chi connectivity index (χ3v) is 2.16. The molecule has 3 N–H and O–H groups in total. The average Bonchev–Trinajstić information content (AvgIpc) is 2.31. The Labute approximate surface area is 109 Å². The Balaban J connectivity index is 2.15. The van der Waals surface area contributed by atoms with Gasteiger partial charge in [0, 0.05) is 11.6 Å². The number of ether oxygens (including phenoxy) is 1.